The summed E-state index contributed by atoms with van der Waals surface area (Å²) < 4.78 is 11.3. The molecule has 0 aliphatic rings. The largest absolute Gasteiger partial charge is 0.491 e. The van der Waals surface area contributed by atoms with E-state index in [1.54, 1.807) is 0 Å². The molecule has 4 nitrogen and oxygen atoms in total. The molecule has 0 bridgehead atoms. The third-order valence-electron chi connectivity index (χ3n) is 3.83. The van der Waals surface area contributed by atoms with Crippen LogP contribution in [0.5, 0.6) is 5.75 Å². The number of hydrogen-bond donors (Lipinski definition) is 1. The van der Waals surface area contributed by atoms with Crippen molar-refractivity contribution in [2.75, 3.05) is 13.2 Å². The zero-order valence-corrected chi connectivity index (χ0v) is 14.0. The molecule has 1 N–H and O–H groups in total. The van der Waals surface area contributed by atoms with Gasteiger partial charge in [0.2, 0.25) is 0 Å². The lowest BCUT2D eigenvalue weighted by Crippen LogP contribution is -2.15. The summed E-state index contributed by atoms with van der Waals surface area (Å²) in [5, 5.41) is 9.15. The van der Waals surface area contributed by atoms with Crippen molar-refractivity contribution in [2.24, 2.45) is 5.92 Å². The zero-order chi connectivity index (χ0) is 17.2. The summed E-state index contributed by atoms with van der Waals surface area (Å²) in [5.74, 6) is -0.358. The number of hydrogen-bond acceptors (Lipinski definition) is 3. The lowest BCUT2D eigenvalue weighted by atomic mass is 9.97. The zero-order valence-electron chi connectivity index (χ0n) is 14.0. The Balaban J connectivity index is 1.74. The average molecular weight is 328 g/mol. The Hall–Kier alpha value is -2.33. The van der Waals surface area contributed by atoms with E-state index in [0.29, 0.717) is 32.7 Å². The first-order valence-corrected chi connectivity index (χ1v) is 8.25. The number of ether oxygens (including phenoxy) is 2. The fourth-order valence-corrected chi connectivity index (χ4v) is 2.44. The highest BCUT2D eigenvalue weighted by molar-refractivity contribution is 5.70. The predicted octanol–water partition coefficient (Wildman–Crippen LogP) is 3.94. The van der Waals surface area contributed by atoms with Crippen LogP contribution < -0.4 is 4.74 Å². The van der Waals surface area contributed by atoms with Crippen LogP contribution in [0.15, 0.2) is 54.6 Å². The molecule has 0 amide bonds. The maximum atomic E-state index is 11.1. The van der Waals surface area contributed by atoms with Crippen molar-refractivity contribution in [3.8, 4) is 5.75 Å². The number of rotatable bonds is 10. The molecule has 0 aliphatic carbocycles. The Morgan fingerprint density at radius 2 is 1.79 bits per heavy atom. The smallest absolute Gasteiger partial charge is 0.306 e. The second-order valence-electron chi connectivity index (χ2n) is 5.68. The van der Waals surface area contributed by atoms with E-state index in [2.05, 4.69) is 0 Å². The Bertz CT molecular complexity index is 625. The van der Waals surface area contributed by atoms with E-state index >= 15 is 0 Å². The number of carboxylic acid groups (broad SMARTS) is 1. The van der Waals surface area contributed by atoms with E-state index in [-0.39, 0.29) is 5.92 Å². The van der Waals surface area contributed by atoms with Gasteiger partial charge in [-0.15, -0.1) is 0 Å². The number of carboxylic acids is 1. The van der Waals surface area contributed by atoms with Gasteiger partial charge in [0.15, 0.2) is 0 Å². The van der Waals surface area contributed by atoms with Crippen molar-refractivity contribution in [3.05, 3.63) is 65.7 Å². The maximum absolute atomic E-state index is 11.1. The monoisotopic (exact) mass is 328 g/mol. The van der Waals surface area contributed by atoms with E-state index in [4.69, 9.17) is 14.6 Å². The van der Waals surface area contributed by atoms with E-state index < -0.39 is 5.97 Å². The first-order chi connectivity index (χ1) is 11.7. The third kappa shape index (κ3) is 6.05. The summed E-state index contributed by atoms with van der Waals surface area (Å²) >= 11 is 0. The molecule has 0 saturated carbocycles. The van der Waals surface area contributed by atoms with Crippen molar-refractivity contribution in [2.45, 2.75) is 26.4 Å². The molecule has 2 aromatic carbocycles. The Morgan fingerprint density at radius 1 is 1.04 bits per heavy atom. The molecule has 24 heavy (non-hydrogen) atoms. The van der Waals surface area contributed by atoms with E-state index in [9.17, 15) is 4.79 Å². The molecule has 2 rings (SSSR count). The van der Waals surface area contributed by atoms with Crippen LogP contribution in [0, 0.1) is 5.92 Å². The number of benzene rings is 2. The molecule has 0 radical (unpaired) electrons. The second kappa shape index (κ2) is 9.73. The van der Waals surface area contributed by atoms with Gasteiger partial charge in [0.25, 0.3) is 0 Å². The van der Waals surface area contributed by atoms with E-state index in [0.717, 1.165) is 16.9 Å². The van der Waals surface area contributed by atoms with Crippen molar-refractivity contribution in [1.29, 1.82) is 0 Å². The van der Waals surface area contributed by atoms with Gasteiger partial charge >= 0.3 is 5.97 Å². The highest BCUT2D eigenvalue weighted by Crippen LogP contribution is 2.18. The van der Waals surface area contributed by atoms with Crippen molar-refractivity contribution in [1.82, 2.24) is 0 Å². The molecule has 1 atom stereocenters. The summed E-state index contributed by atoms with van der Waals surface area (Å²) in [7, 11) is 0. The number of carbonyl (C=O) groups is 1. The Labute approximate surface area is 143 Å². The Kier molecular flexibility index (Phi) is 7.30. The highest BCUT2D eigenvalue weighted by Gasteiger charge is 2.15. The molecule has 0 spiro atoms. The minimum absolute atomic E-state index is 0.352. The average Bonchev–Trinajstić information content (AvgIpc) is 2.60. The SMILES string of the molecule is CCC(Cc1cccc(OCCOCc2ccccc2)c1)C(=O)O. The molecular weight excluding hydrogens is 304 g/mol. The fraction of sp³-hybridized carbons (Fsp3) is 0.350. The van der Waals surface area contributed by atoms with Crippen LogP contribution in [0.25, 0.3) is 0 Å². The van der Waals surface area contributed by atoms with E-state index in [1.807, 2.05) is 61.5 Å². The lowest BCUT2D eigenvalue weighted by Gasteiger charge is -2.12. The summed E-state index contributed by atoms with van der Waals surface area (Å²) in [4.78, 5) is 11.1. The van der Waals surface area contributed by atoms with Crippen molar-refractivity contribution < 1.29 is 19.4 Å². The third-order valence-corrected chi connectivity index (χ3v) is 3.83. The summed E-state index contributed by atoms with van der Waals surface area (Å²) in [6.45, 7) is 3.43. The van der Waals surface area contributed by atoms with Crippen LogP contribution in [0.4, 0.5) is 0 Å². The molecule has 4 heteroatoms. The fourth-order valence-electron chi connectivity index (χ4n) is 2.44. The minimum Gasteiger partial charge on any atom is -0.491 e. The molecule has 1 unspecified atom stereocenters. The van der Waals surface area contributed by atoms with Gasteiger partial charge in [0, 0.05) is 0 Å². The molecular formula is C20H24O4. The minimum atomic E-state index is -0.752. The van der Waals surface area contributed by atoms with Gasteiger partial charge in [0.05, 0.1) is 19.1 Å². The Morgan fingerprint density at radius 3 is 2.50 bits per heavy atom. The van der Waals surface area contributed by atoms with E-state index in [1.165, 1.54) is 0 Å². The summed E-state index contributed by atoms with van der Waals surface area (Å²) in [6.07, 6.45) is 1.14. The lowest BCUT2D eigenvalue weighted by molar-refractivity contribution is -0.141. The molecule has 0 aliphatic heterocycles. The van der Waals surface area contributed by atoms with Crippen molar-refractivity contribution >= 4 is 5.97 Å². The van der Waals surface area contributed by atoms with Crippen LogP contribution in [0.2, 0.25) is 0 Å². The molecule has 2 aromatic rings. The van der Waals surface area contributed by atoms with Gasteiger partial charge in [-0.05, 0) is 36.1 Å². The van der Waals surface area contributed by atoms with Gasteiger partial charge in [-0.3, -0.25) is 4.79 Å². The highest BCUT2D eigenvalue weighted by atomic mass is 16.5. The van der Waals surface area contributed by atoms with Crippen LogP contribution in [0.1, 0.15) is 24.5 Å². The van der Waals surface area contributed by atoms with Gasteiger partial charge in [0.1, 0.15) is 12.4 Å². The first kappa shape index (κ1) is 18.0. The topological polar surface area (TPSA) is 55.8 Å². The molecule has 0 aromatic heterocycles. The molecule has 0 saturated heterocycles. The predicted molar refractivity (Wildman–Crippen MR) is 93.2 cm³/mol. The summed E-state index contributed by atoms with van der Waals surface area (Å²) in [5.41, 5.74) is 2.12. The van der Waals surface area contributed by atoms with Crippen LogP contribution in [-0.4, -0.2) is 24.3 Å². The van der Waals surface area contributed by atoms with Gasteiger partial charge in [-0.25, -0.2) is 0 Å². The normalized spacial score (nSPS) is 11.9. The van der Waals surface area contributed by atoms with Crippen molar-refractivity contribution in [3.63, 3.8) is 0 Å². The standard InChI is InChI=1S/C20H24O4/c1-2-18(20(21)22)13-17-9-6-10-19(14-17)24-12-11-23-15-16-7-4-3-5-8-16/h3-10,14,18H,2,11-13,15H2,1H3,(H,21,22). The molecule has 0 fully saturated rings. The van der Waals surface area contributed by atoms with Gasteiger partial charge < -0.3 is 14.6 Å². The first-order valence-electron chi connectivity index (χ1n) is 8.25. The van der Waals surface area contributed by atoms with Gasteiger partial charge in [-0.1, -0.05) is 49.4 Å². The van der Waals surface area contributed by atoms with Gasteiger partial charge in [-0.2, -0.15) is 0 Å². The number of aliphatic carboxylic acids is 1. The summed E-state index contributed by atoms with van der Waals surface area (Å²) in [6, 6.07) is 17.6. The van der Waals surface area contributed by atoms with Crippen LogP contribution in [-0.2, 0) is 22.6 Å². The second-order valence-corrected chi connectivity index (χ2v) is 5.68. The maximum Gasteiger partial charge on any atom is 0.306 e. The molecule has 0 heterocycles. The molecule has 128 valence electrons. The van der Waals surface area contributed by atoms with Crippen LogP contribution in [0.3, 0.4) is 0 Å². The quantitative estimate of drug-likeness (QED) is 0.671. The van der Waals surface area contributed by atoms with Crippen LogP contribution >= 0.6 is 0 Å².